The Kier molecular flexibility index (Phi) is 6.70. The molecule has 0 bridgehead atoms. The van der Waals surface area contributed by atoms with Gasteiger partial charge in [0.2, 0.25) is 0 Å². The molecule has 1 fully saturated rings. The summed E-state index contributed by atoms with van der Waals surface area (Å²) in [5, 5.41) is 9.42. The quantitative estimate of drug-likeness (QED) is 0.573. The van der Waals surface area contributed by atoms with E-state index in [1.807, 2.05) is 18.4 Å². The van der Waals surface area contributed by atoms with Gasteiger partial charge >= 0.3 is 5.97 Å². The molecule has 1 atom stereocenters. The molecule has 1 aromatic carbocycles. The molecule has 128 valence electrons. The van der Waals surface area contributed by atoms with Gasteiger partial charge in [0.1, 0.15) is 16.1 Å². The minimum Gasteiger partial charge on any atom is -0.497 e. The van der Waals surface area contributed by atoms with Gasteiger partial charge in [0.25, 0.3) is 5.91 Å². The zero-order chi connectivity index (χ0) is 17.7. The van der Waals surface area contributed by atoms with Crippen LogP contribution in [-0.2, 0) is 9.59 Å². The first kappa shape index (κ1) is 18.8. The average Bonchev–Trinajstić information content (AvgIpc) is 2.83. The topological polar surface area (TPSA) is 66.8 Å². The largest absolute Gasteiger partial charge is 0.497 e. The smallest absolute Gasteiger partial charge is 0.326 e. The number of hydrogen-bond donors (Lipinski definition) is 1. The fraction of sp³-hybridized carbons (Fsp3) is 0.312. The van der Waals surface area contributed by atoms with E-state index in [1.165, 1.54) is 16.7 Å². The van der Waals surface area contributed by atoms with Crippen LogP contribution in [-0.4, -0.2) is 51.4 Å². The second kappa shape index (κ2) is 8.55. The molecular weight excluding hydrogens is 366 g/mol. The Morgan fingerprint density at radius 1 is 1.46 bits per heavy atom. The number of nitrogens with zero attached hydrogens (tertiary/aromatic N) is 1. The van der Waals surface area contributed by atoms with Crippen LogP contribution in [0.5, 0.6) is 5.75 Å². The van der Waals surface area contributed by atoms with Gasteiger partial charge in [-0.25, -0.2) is 4.79 Å². The van der Waals surface area contributed by atoms with E-state index >= 15 is 0 Å². The molecule has 1 amide bonds. The van der Waals surface area contributed by atoms with Crippen LogP contribution in [0.2, 0.25) is 0 Å². The van der Waals surface area contributed by atoms with E-state index in [9.17, 15) is 14.7 Å². The molecule has 5 nitrogen and oxygen atoms in total. The Labute approximate surface area is 154 Å². The first-order valence-electron chi connectivity index (χ1n) is 7.10. The van der Waals surface area contributed by atoms with Crippen LogP contribution in [0.1, 0.15) is 12.0 Å². The van der Waals surface area contributed by atoms with Crippen molar-refractivity contribution in [2.45, 2.75) is 12.5 Å². The number of thioether (sulfide) groups is 2. The lowest BCUT2D eigenvalue weighted by Gasteiger charge is -2.22. The Hall–Kier alpha value is -1.51. The summed E-state index contributed by atoms with van der Waals surface area (Å²) in [6.45, 7) is 0. The van der Waals surface area contributed by atoms with Gasteiger partial charge in [0, 0.05) is 0 Å². The fourth-order valence-corrected chi connectivity index (χ4v) is 4.01. The number of carbonyl (C=O) groups is 2. The highest BCUT2D eigenvalue weighted by atomic mass is 32.2. The second-order valence-corrected chi connectivity index (χ2v) is 7.62. The molecule has 1 N–H and O–H groups in total. The van der Waals surface area contributed by atoms with Crippen molar-refractivity contribution in [2.75, 3.05) is 19.1 Å². The third-order valence-corrected chi connectivity index (χ3v) is 5.40. The lowest BCUT2D eigenvalue weighted by atomic mass is 10.1. The highest BCUT2D eigenvalue weighted by Crippen LogP contribution is 2.35. The molecule has 1 aromatic rings. The summed E-state index contributed by atoms with van der Waals surface area (Å²) in [6, 6.07) is 6.32. The van der Waals surface area contributed by atoms with Gasteiger partial charge in [0.15, 0.2) is 0 Å². The summed E-state index contributed by atoms with van der Waals surface area (Å²) in [5.41, 5.74) is 0.826. The predicted octanol–water partition coefficient (Wildman–Crippen LogP) is 3.10. The molecule has 24 heavy (non-hydrogen) atoms. The van der Waals surface area contributed by atoms with Crippen molar-refractivity contribution in [1.82, 2.24) is 4.90 Å². The standard InChI is InChI=1S/C16H17NO4S3/c1-21-11-5-3-10(4-6-11)9-13-14(18)17(16(22)24-13)12(15(19)20)7-8-23-2/h3-6,9,12H,7-8H2,1-2H3,(H,19,20)/b13-9-/t12-/m1/s1. The van der Waals surface area contributed by atoms with E-state index in [4.69, 9.17) is 17.0 Å². The van der Waals surface area contributed by atoms with Crippen molar-refractivity contribution in [3.05, 3.63) is 34.7 Å². The number of amides is 1. The van der Waals surface area contributed by atoms with Crippen LogP contribution in [0.25, 0.3) is 6.08 Å². The SMILES string of the molecule is COc1ccc(/C=C2\SC(=S)N([C@H](CCSC)C(=O)O)C2=O)cc1. The van der Waals surface area contributed by atoms with Gasteiger partial charge < -0.3 is 9.84 Å². The molecular formula is C16H17NO4S3. The number of aliphatic carboxylic acids is 1. The second-order valence-electron chi connectivity index (χ2n) is 4.96. The van der Waals surface area contributed by atoms with Crippen LogP contribution < -0.4 is 4.74 Å². The van der Waals surface area contributed by atoms with Gasteiger partial charge in [-0.1, -0.05) is 36.1 Å². The lowest BCUT2D eigenvalue weighted by molar-refractivity contribution is -0.145. The minimum absolute atomic E-state index is 0.285. The number of thiocarbonyl (C=S) groups is 1. The van der Waals surface area contributed by atoms with Crippen molar-refractivity contribution in [2.24, 2.45) is 0 Å². The molecule has 1 aliphatic heterocycles. The molecule has 1 saturated heterocycles. The van der Waals surface area contributed by atoms with Crippen molar-refractivity contribution in [1.29, 1.82) is 0 Å². The van der Waals surface area contributed by atoms with Crippen LogP contribution in [0, 0.1) is 0 Å². The predicted molar refractivity (Wildman–Crippen MR) is 102 cm³/mol. The van der Waals surface area contributed by atoms with E-state index in [2.05, 4.69) is 0 Å². The normalized spacial score (nSPS) is 17.4. The summed E-state index contributed by atoms with van der Waals surface area (Å²) in [7, 11) is 1.58. The zero-order valence-electron chi connectivity index (χ0n) is 13.2. The van der Waals surface area contributed by atoms with E-state index in [1.54, 1.807) is 25.3 Å². The highest BCUT2D eigenvalue weighted by molar-refractivity contribution is 8.26. The first-order valence-corrected chi connectivity index (χ1v) is 9.72. The summed E-state index contributed by atoms with van der Waals surface area (Å²) in [4.78, 5) is 25.8. The van der Waals surface area contributed by atoms with Crippen molar-refractivity contribution >= 4 is 58.0 Å². The van der Waals surface area contributed by atoms with Gasteiger partial charge in [-0.05, 0) is 42.2 Å². The maximum Gasteiger partial charge on any atom is 0.326 e. The molecule has 0 aliphatic carbocycles. The molecule has 0 radical (unpaired) electrons. The van der Waals surface area contributed by atoms with Crippen LogP contribution in [0.3, 0.4) is 0 Å². The average molecular weight is 384 g/mol. The van der Waals surface area contributed by atoms with Crippen LogP contribution in [0.4, 0.5) is 0 Å². The van der Waals surface area contributed by atoms with Gasteiger partial charge in [-0.3, -0.25) is 9.69 Å². The molecule has 8 heteroatoms. The van der Waals surface area contributed by atoms with Gasteiger partial charge in [0.05, 0.1) is 12.0 Å². The van der Waals surface area contributed by atoms with E-state index < -0.39 is 12.0 Å². The van der Waals surface area contributed by atoms with Crippen molar-refractivity contribution < 1.29 is 19.4 Å². The van der Waals surface area contributed by atoms with E-state index in [0.717, 1.165) is 23.1 Å². The van der Waals surface area contributed by atoms with Crippen molar-refractivity contribution in [3.63, 3.8) is 0 Å². The number of rotatable bonds is 7. The number of ether oxygens (including phenoxy) is 1. The van der Waals surface area contributed by atoms with Gasteiger partial charge in [-0.2, -0.15) is 11.8 Å². The summed E-state index contributed by atoms with van der Waals surface area (Å²) in [6.07, 6.45) is 3.97. The molecule has 0 spiro atoms. The number of benzene rings is 1. The molecule has 0 saturated carbocycles. The third kappa shape index (κ3) is 4.31. The number of carboxylic acids is 1. The number of hydrogen-bond acceptors (Lipinski definition) is 6. The Bertz CT molecular complexity index is 672. The molecule has 1 heterocycles. The molecule has 0 aromatic heterocycles. The molecule has 2 rings (SSSR count). The monoisotopic (exact) mass is 383 g/mol. The lowest BCUT2D eigenvalue weighted by Crippen LogP contribution is -2.44. The Morgan fingerprint density at radius 3 is 2.67 bits per heavy atom. The van der Waals surface area contributed by atoms with Crippen LogP contribution in [0.15, 0.2) is 29.2 Å². The molecule has 1 aliphatic rings. The zero-order valence-corrected chi connectivity index (χ0v) is 15.7. The maximum atomic E-state index is 12.6. The van der Waals surface area contributed by atoms with Crippen molar-refractivity contribution in [3.8, 4) is 5.75 Å². The first-order chi connectivity index (χ1) is 11.5. The maximum absolute atomic E-state index is 12.6. The van der Waals surface area contributed by atoms with E-state index in [-0.39, 0.29) is 10.2 Å². The Morgan fingerprint density at radius 2 is 2.12 bits per heavy atom. The highest BCUT2D eigenvalue weighted by Gasteiger charge is 2.40. The Balaban J connectivity index is 2.23. The summed E-state index contributed by atoms with van der Waals surface area (Å²) in [5.74, 6) is -0.0194. The van der Waals surface area contributed by atoms with Crippen LogP contribution >= 0.6 is 35.7 Å². The fourth-order valence-electron chi connectivity index (χ4n) is 2.19. The number of methoxy groups -OCH3 is 1. The third-order valence-electron chi connectivity index (χ3n) is 3.43. The van der Waals surface area contributed by atoms with Gasteiger partial charge in [-0.15, -0.1) is 0 Å². The summed E-state index contributed by atoms with van der Waals surface area (Å²) >= 11 is 7.90. The van der Waals surface area contributed by atoms with E-state index in [0.29, 0.717) is 17.1 Å². The molecule has 0 unspecified atom stereocenters. The minimum atomic E-state index is -1.04. The number of carbonyl (C=O) groups excluding carboxylic acids is 1. The number of carboxylic acid groups (broad SMARTS) is 1. The summed E-state index contributed by atoms with van der Waals surface area (Å²) < 4.78 is 5.39.